The number of carbonyl (C=O) groups excluding carboxylic acids is 1. The van der Waals surface area contributed by atoms with Gasteiger partial charge in [0.25, 0.3) is 0 Å². The number of rotatable bonds is 7. The second-order valence-electron chi connectivity index (χ2n) is 6.96. The van der Waals surface area contributed by atoms with Gasteiger partial charge in [-0.1, -0.05) is 54.4 Å². The number of aryl methyl sites for hydroxylation is 1. The molecule has 0 aliphatic carbocycles. The molecule has 3 N–H and O–H groups in total. The highest BCUT2D eigenvalue weighted by atomic mass is 35.5. The molecule has 3 aromatic carbocycles. The van der Waals surface area contributed by atoms with Crippen LogP contribution in [0.2, 0.25) is 5.02 Å². The van der Waals surface area contributed by atoms with Gasteiger partial charge in [0.1, 0.15) is 0 Å². The van der Waals surface area contributed by atoms with Gasteiger partial charge in [-0.3, -0.25) is 4.79 Å². The second-order valence-corrected chi connectivity index (χ2v) is 9.05. The van der Waals surface area contributed by atoms with Crippen LogP contribution in [0.3, 0.4) is 0 Å². The number of benzene rings is 3. The quantitative estimate of drug-likeness (QED) is 0.258. The van der Waals surface area contributed by atoms with Gasteiger partial charge in [-0.05, 0) is 68.0 Å². The molecule has 1 unspecified atom stereocenters. The first kappa shape index (κ1) is 23.1. The van der Waals surface area contributed by atoms with Crippen molar-refractivity contribution in [2.45, 2.75) is 30.4 Å². The predicted molar refractivity (Wildman–Crippen MR) is 137 cm³/mol. The van der Waals surface area contributed by atoms with Crippen molar-refractivity contribution in [1.29, 1.82) is 0 Å². The summed E-state index contributed by atoms with van der Waals surface area (Å²) in [5.74, 6) is -0.0736. The third kappa shape index (κ3) is 6.99. The van der Waals surface area contributed by atoms with E-state index in [0.717, 1.165) is 16.3 Å². The first-order valence-corrected chi connectivity index (χ1v) is 11.6. The molecule has 0 heterocycles. The number of anilines is 3. The Balaban J connectivity index is 1.61. The number of halogens is 1. The third-order valence-corrected chi connectivity index (χ3v) is 6.37. The molecule has 0 aliphatic heterocycles. The van der Waals surface area contributed by atoms with Crippen molar-refractivity contribution in [2.24, 2.45) is 0 Å². The van der Waals surface area contributed by atoms with Gasteiger partial charge in [0.15, 0.2) is 5.11 Å². The summed E-state index contributed by atoms with van der Waals surface area (Å²) in [5, 5.41) is 10.1. The molecule has 0 saturated heterocycles. The fourth-order valence-electron chi connectivity index (χ4n) is 2.84. The van der Waals surface area contributed by atoms with Gasteiger partial charge in [0.2, 0.25) is 5.91 Å². The largest absolute Gasteiger partial charge is 0.332 e. The predicted octanol–water partition coefficient (Wildman–Crippen LogP) is 6.97. The number of amides is 1. The maximum atomic E-state index is 12.8. The van der Waals surface area contributed by atoms with Crippen LogP contribution in [0, 0.1) is 6.92 Å². The highest BCUT2D eigenvalue weighted by Crippen LogP contribution is 2.29. The number of hydrogen-bond acceptors (Lipinski definition) is 3. The van der Waals surface area contributed by atoms with E-state index in [1.807, 2.05) is 74.5 Å². The SMILES string of the molecule is CCC(Sc1cccc(NC(=S)Nc2ccc(C)cc2)c1)C(=O)Nc1ccccc1Cl. The lowest BCUT2D eigenvalue weighted by Gasteiger charge is -2.16. The van der Waals surface area contributed by atoms with E-state index in [-0.39, 0.29) is 11.2 Å². The summed E-state index contributed by atoms with van der Waals surface area (Å²) in [4.78, 5) is 13.7. The highest BCUT2D eigenvalue weighted by Gasteiger charge is 2.19. The monoisotopic (exact) mass is 469 g/mol. The molecule has 0 aliphatic rings. The average molecular weight is 470 g/mol. The standard InChI is InChI=1S/C24H24ClN3OS2/c1-3-22(23(29)28-21-10-5-4-9-20(21)25)31-19-8-6-7-18(15-19)27-24(30)26-17-13-11-16(2)12-14-17/h4-15,22H,3H2,1-2H3,(H,28,29)(H2,26,27,30). The van der Waals surface area contributed by atoms with Crippen LogP contribution in [0.25, 0.3) is 0 Å². The Morgan fingerprint density at radius 2 is 1.68 bits per heavy atom. The van der Waals surface area contributed by atoms with Crippen molar-refractivity contribution in [2.75, 3.05) is 16.0 Å². The molecule has 4 nitrogen and oxygen atoms in total. The van der Waals surface area contributed by atoms with Crippen LogP contribution in [0.5, 0.6) is 0 Å². The molecular weight excluding hydrogens is 446 g/mol. The Hall–Kier alpha value is -2.54. The average Bonchev–Trinajstić information content (AvgIpc) is 2.75. The molecule has 31 heavy (non-hydrogen) atoms. The van der Waals surface area contributed by atoms with Gasteiger partial charge >= 0.3 is 0 Å². The number of thioether (sulfide) groups is 1. The number of carbonyl (C=O) groups is 1. The Kier molecular flexibility index (Phi) is 8.35. The van der Waals surface area contributed by atoms with Gasteiger partial charge in [0.05, 0.1) is 16.0 Å². The lowest BCUT2D eigenvalue weighted by molar-refractivity contribution is -0.115. The molecule has 0 aromatic heterocycles. The highest BCUT2D eigenvalue weighted by molar-refractivity contribution is 8.00. The van der Waals surface area contributed by atoms with Crippen LogP contribution in [-0.4, -0.2) is 16.3 Å². The molecule has 7 heteroatoms. The van der Waals surface area contributed by atoms with Crippen LogP contribution < -0.4 is 16.0 Å². The molecule has 1 atom stereocenters. The van der Waals surface area contributed by atoms with Crippen molar-refractivity contribution in [3.05, 3.63) is 83.4 Å². The number of hydrogen-bond donors (Lipinski definition) is 3. The Morgan fingerprint density at radius 3 is 2.39 bits per heavy atom. The van der Waals surface area contributed by atoms with Gasteiger partial charge in [-0.15, -0.1) is 11.8 Å². The normalized spacial score (nSPS) is 11.5. The van der Waals surface area contributed by atoms with E-state index in [1.54, 1.807) is 12.1 Å². The molecule has 0 fully saturated rings. The zero-order valence-electron chi connectivity index (χ0n) is 17.3. The van der Waals surface area contributed by atoms with E-state index in [2.05, 4.69) is 16.0 Å². The zero-order valence-corrected chi connectivity index (χ0v) is 19.7. The fourth-order valence-corrected chi connectivity index (χ4v) is 4.27. The molecular formula is C24H24ClN3OS2. The number of para-hydroxylation sites is 1. The van der Waals surface area contributed by atoms with Crippen molar-refractivity contribution >= 4 is 63.7 Å². The maximum Gasteiger partial charge on any atom is 0.237 e. The lowest BCUT2D eigenvalue weighted by Crippen LogP contribution is -2.24. The summed E-state index contributed by atoms with van der Waals surface area (Å²) in [7, 11) is 0. The van der Waals surface area contributed by atoms with Crippen molar-refractivity contribution in [1.82, 2.24) is 0 Å². The summed E-state index contributed by atoms with van der Waals surface area (Å²) in [6, 6.07) is 23.1. The number of nitrogens with one attached hydrogen (secondary N) is 3. The fraction of sp³-hybridized carbons (Fsp3) is 0.167. The summed E-state index contributed by atoms with van der Waals surface area (Å²) in [6.07, 6.45) is 0.687. The van der Waals surface area contributed by atoms with E-state index in [4.69, 9.17) is 23.8 Å². The van der Waals surface area contributed by atoms with E-state index in [0.29, 0.717) is 22.2 Å². The molecule has 0 radical (unpaired) electrons. The first-order valence-electron chi connectivity index (χ1n) is 9.91. The van der Waals surface area contributed by atoms with Crippen molar-refractivity contribution < 1.29 is 4.79 Å². The molecule has 1 amide bonds. The van der Waals surface area contributed by atoms with Crippen LogP contribution in [-0.2, 0) is 4.79 Å². The maximum absolute atomic E-state index is 12.8. The third-order valence-electron chi connectivity index (χ3n) is 4.47. The van der Waals surface area contributed by atoms with Gasteiger partial charge in [0, 0.05) is 16.3 Å². The Bertz CT molecular complexity index is 1060. The smallest absolute Gasteiger partial charge is 0.237 e. The Morgan fingerprint density at radius 1 is 0.968 bits per heavy atom. The first-order chi connectivity index (χ1) is 14.9. The molecule has 0 spiro atoms. The summed E-state index contributed by atoms with van der Waals surface area (Å²) >= 11 is 13.1. The van der Waals surface area contributed by atoms with Gasteiger partial charge < -0.3 is 16.0 Å². The molecule has 3 aromatic rings. The van der Waals surface area contributed by atoms with Crippen LogP contribution >= 0.6 is 35.6 Å². The zero-order chi connectivity index (χ0) is 22.2. The molecule has 0 saturated carbocycles. The topological polar surface area (TPSA) is 53.2 Å². The molecule has 0 bridgehead atoms. The van der Waals surface area contributed by atoms with Crippen LogP contribution in [0.1, 0.15) is 18.9 Å². The number of thiocarbonyl (C=S) groups is 1. The summed E-state index contributed by atoms with van der Waals surface area (Å²) in [6.45, 7) is 4.04. The summed E-state index contributed by atoms with van der Waals surface area (Å²) in [5.41, 5.74) is 3.60. The Labute approximate surface area is 197 Å². The van der Waals surface area contributed by atoms with Crippen molar-refractivity contribution in [3.63, 3.8) is 0 Å². The van der Waals surface area contributed by atoms with E-state index < -0.39 is 0 Å². The van der Waals surface area contributed by atoms with Crippen LogP contribution in [0.4, 0.5) is 17.1 Å². The molecule has 3 rings (SSSR count). The lowest BCUT2D eigenvalue weighted by atomic mass is 10.2. The van der Waals surface area contributed by atoms with Gasteiger partial charge in [-0.25, -0.2) is 0 Å². The minimum Gasteiger partial charge on any atom is -0.332 e. The van der Waals surface area contributed by atoms with E-state index in [9.17, 15) is 4.79 Å². The van der Waals surface area contributed by atoms with Crippen LogP contribution in [0.15, 0.2) is 77.7 Å². The minimum atomic E-state index is -0.246. The minimum absolute atomic E-state index is 0.0736. The van der Waals surface area contributed by atoms with Crippen molar-refractivity contribution in [3.8, 4) is 0 Å². The van der Waals surface area contributed by atoms with E-state index >= 15 is 0 Å². The van der Waals surface area contributed by atoms with E-state index in [1.165, 1.54) is 17.3 Å². The second kappa shape index (κ2) is 11.2. The van der Waals surface area contributed by atoms with Gasteiger partial charge in [-0.2, -0.15) is 0 Å². The molecule has 160 valence electrons. The summed E-state index contributed by atoms with van der Waals surface area (Å²) < 4.78 is 0.